The van der Waals surface area contributed by atoms with Gasteiger partial charge >= 0.3 is 21.1 Å². The minimum atomic E-state index is -2.97. The molecule has 0 fully saturated rings. The van der Waals surface area contributed by atoms with Crippen molar-refractivity contribution < 1.29 is 90.7 Å². The quantitative estimate of drug-likeness (QED) is 0.250. The molecule has 0 amide bonds. The fourth-order valence-electron chi connectivity index (χ4n) is 1.37. The number of carbonyl (C=O) groups is 6. The predicted octanol–water partition coefficient (Wildman–Crippen LogP) is -10.5. The second-order valence-electron chi connectivity index (χ2n) is 4.83. The smallest absolute Gasteiger partial charge is 0.550 e. The van der Waals surface area contributed by atoms with Gasteiger partial charge < -0.3 is 69.6 Å². The van der Waals surface area contributed by atoms with E-state index in [0.29, 0.717) is 0 Å². The van der Waals surface area contributed by atoms with Crippen molar-refractivity contribution in [2.24, 2.45) is 0 Å². The molecule has 0 heterocycles. The van der Waals surface area contributed by atoms with Crippen molar-refractivity contribution in [2.45, 2.75) is 36.9 Å². The van der Waals surface area contributed by atoms with Crippen LogP contribution in [0.5, 0.6) is 0 Å². The molecule has 0 aromatic rings. The molecule has 0 rings (SSSR count). The Morgan fingerprint density at radius 3 is 0.741 bits per heavy atom. The second-order valence-corrected chi connectivity index (χ2v) is 4.83. The van der Waals surface area contributed by atoms with Crippen LogP contribution in [0.4, 0.5) is 0 Å². The third kappa shape index (κ3) is 12.4. The number of aliphatic carboxylic acids is 6. The van der Waals surface area contributed by atoms with Crippen LogP contribution in [-0.2, 0) is 49.8 Å². The summed E-state index contributed by atoms with van der Waals surface area (Å²) in [5.74, 6) is -12.0. The first kappa shape index (κ1) is 29.2. The number of carboxylic acids is 6. The monoisotopic (exact) mass is 562 g/mol. The van der Waals surface area contributed by atoms with Crippen molar-refractivity contribution in [3.8, 4) is 0 Å². The Kier molecular flexibility index (Phi) is 12.9. The topological polar surface area (TPSA) is 281 Å². The SMILES string of the molecule is O=C([O-])CC(O)(CC(=O)[O-])C(=O)[O-].O=C([O-])CC(O)(CC(=O)[O-])C(=O)[O-].[W+6]. The van der Waals surface area contributed by atoms with E-state index in [4.69, 9.17) is 10.2 Å². The third-order valence-electron chi connectivity index (χ3n) is 2.51. The van der Waals surface area contributed by atoms with Gasteiger partial charge in [-0.2, -0.15) is 0 Å². The van der Waals surface area contributed by atoms with Crippen molar-refractivity contribution in [2.75, 3.05) is 0 Å². The van der Waals surface area contributed by atoms with Gasteiger partial charge in [0.05, 0.1) is 11.9 Å². The van der Waals surface area contributed by atoms with Crippen LogP contribution in [0.3, 0.4) is 0 Å². The summed E-state index contributed by atoms with van der Waals surface area (Å²) in [6, 6.07) is 0. The standard InChI is InChI=1S/2C6H8O7.W/c2*7-3(8)1-6(13,5(11)12)2-4(9)10;/h2*13H,1-2H2,(H,7,8)(H,9,10)(H,11,12);/q;;+6/p-6. The molecule has 0 aliphatic rings. The molecule has 0 saturated heterocycles. The number of hydrogen-bond donors (Lipinski definition) is 2. The van der Waals surface area contributed by atoms with Crippen molar-refractivity contribution >= 4 is 35.8 Å². The van der Waals surface area contributed by atoms with E-state index in [2.05, 4.69) is 0 Å². The van der Waals surface area contributed by atoms with Crippen molar-refractivity contribution in [3.63, 3.8) is 0 Å². The minimum absolute atomic E-state index is 0. The largest absolute Gasteiger partial charge is 6.00 e. The Balaban J connectivity index is -0.000000411. The molecule has 0 aromatic heterocycles. The maximum absolute atomic E-state index is 10.1. The van der Waals surface area contributed by atoms with Crippen LogP contribution in [0.15, 0.2) is 0 Å². The zero-order valence-corrected chi connectivity index (χ0v) is 16.0. The van der Waals surface area contributed by atoms with Crippen molar-refractivity contribution in [1.29, 1.82) is 0 Å². The number of rotatable bonds is 10. The number of aliphatic hydroxyl groups is 2. The molecule has 0 unspecified atom stereocenters. The molecule has 15 heteroatoms. The normalized spacial score (nSPS) is 10.4. The summed E-state index contributed by atoms with van der Waals surface area (Å²) >= 11 is 0. The Bertz CT molecular complexity index is 513. The maximum atomic E-state index is 10.1. The number of carbonyl (C=O) groups excluding carboxylic acids is 6. The van der Waals surface area contributed by atoms with Crippen LogP contribution in [0.2, 0.25) is 0 Å². The molecule has 0 radical (unpaired) electrons. The summed E-state index contributed by atoms with van der Waals surface area (Å²) in [6.07, 6.45) is -5.43. The van der Waals surface area contributed by atoms with Crippen LogP contribution in [0.1, 0.15) is 25.7 Å². The maximum Gasteiger partial charge on any atom is 6.00 e. The van der Waals surface area contributed by atoms with Crippen molar-refractivity contribution in [1.82, 2.24) is 0 Å². The Hall–Kier alpha value is -2.57. The molecule has 0 spiro atoms. The Morgan fingerprint density at radius 2 is 0.667 bits per heavy atom. The van der Waals surface area contributed by atoms with E-state index in [9.17, 15) is 59.4 Å². The fraction of sp³-hybridized carbons (Fsp3) is 0.500. The molecule has 0 aliphatic heterocycles. The van der Waals surface area contributed by atoms with E-state index in [1.54, 1.807) is 0 Å². The average molecular weight is 562 g/mol. The van der Waals surface area contributed by atoms with Crippen LogP contribution < -0.4 is 30.6 Å². The van der Waals surface area contributed by atoms with Crippen LogP contribution in [0.25, 0.3) is 0 Å². The molecule has 2 N–H and O–H groups in total. The molecule has 0 aromatic carbocycles. The van der Waals surface area contributed by atoms with Gasteiger partial charge in [-0.15, -0.1) is 0 Å². The molecular formula is C12H10O14W. The van der Waals surface area contributed by atoms with E-state index < -0.39 is 72.7 Å². The van der Waals surface area contributed by atoms with E-state index in [0.717, 1.165) is 0 Å². The van der Waals surface area contributed by atoms with Gasteiger partial charge in [0.25, 0.3) is 0 Å². The van der Waals surface area contributed by atoms with E-state index in [-0.39, 0.29) is 21.1 Å². The van der Waals surface area contributed by atoms with Gasteiger partial charge in [0.2, 0.25) is 0 Å². The fourth-order valence-corrected chi connectivity index (χ4v) is 1.37. The van der Waals surface area contributed by atoms with Gasteiger partial charge in [-0.05, 0) is 0 Å². The van der Waals surface area contributed by atoms with Crippen LogP contribution >= 0.6 is 0 Å². The van der Waals surface area contributed by atoms with Crippen molar-refractivity contribution in [3.05, 3.63) is 0 Å². The van der Waals surface area contributed by atoms with Crippen LogP contribution in [-0.4, -0.2) is 57.2 Å². The van der Waals surface area contributed by atoms with Gasteiger partial charge in [0, 0.05) is 49.6 Å². The van der Waals surface area contributed by atoms with Gasteiger partial charge in [0.15, 0.2) is 0 Å². The first-order valence-corrected chi connectivity index (χ1v) is 6.23. The summed E-state index contributed by atoms with van der Waals surface area (Å²) in [4.78, 5) is 60.0. The molecule has 148 valence electrons. The summed E-state index contributed by atoms with van der Waals surface area (Å²) in [5, 5.41) is 77.9. The molecule has 0 bridgehead atoms. The average Bonchev–Trinajstić information content (AvgIpc) is 2.34. The minimum Gasteiger partial charge on any atom is -0.550 e. The molecular weight excluding hydrogens is 552 g/mol. The summed E-state index contributed by atoms with van der Waals surface area (Å²) in [7, 11) is 0. The summed E-state index contributed by atoms with van der Waals surface area (Å²) < 4.78 is 0. The summed E-state index contributed by atoms with van der Waals surface area (Å²) in [6.45, 7) is 0. The van der Waals surface area contributed by atoms with E-state index in [1.165, 1.54) is 0 Å². The molecule has 0 saturated carbocycles. The van der Waals surface area contributed by atoms with E-state index in [1.807, 2.05) is 0 Å². The van der Waals surface area contributed by atoms with Gasteiger partial charge in [-0.3, -0.25) is 0 Å². The number of carboxylic acid groups (broad SMARTS) is 6. The Labute approximate surface area is 163 Å². The third-order valence-corrected chi connectivity index (χ3v) is 2.51. The predicted molar refractivity (Wildman–Crippen MR) is 58.4 cm³/mol. The first-order chi connectivity index (χ1) is 11.6. The van der Waals surface area contributed by atoms with Gasteiger partial charge in [0.1, 0.15) is 11.2 Å². The molecule has 27 heavy (non-hydrogen) atoms. The van der Waals surface area contributed by atoms with Crippen LogP contribution in [0, 0.1) is 0 Å². The number of hydrogen-bond acceptors (Lipinski definition) is 14. The van der Waals surface area contributed by atoms with Gasteiger partial charge in [-0.1, -0.05) is 0 Å². The molecule has 0 atom stereocenters. The molecule has 0 aliphatic carbocycles. The Morgan fingerprint density at radius 1 is 0.519 bits per heavy atom. The zero-order chi connectivity index (χ0) is 21.3. The second kappa shape index (κ2) is 11.9. The first-order valence-electron chi connectivity index (χ1n) is 6.23. The zero-order valence-electron chi connectivity index (χ0n) is 13.0. The van der Waals surface area contributed by atoms with E-state index >= 15 is 0 Å². The van der Waals surface area contributed by atoms with Gasteiger partial charge in [-0.25, -0.2) is 0 Å². The molecule has 14 nitrogen and oxygen atoms in total. The summed E-state index contributed by atoms with van der Waals surface area (Å²) in [5.41, 5.74) is -5.95.